The first-order valence-electron chi connectivity index (χ1n) is 9.25. The van der Waals surface area contributed by atoms with Crippen molar-refractivity contribution in [2.75, 3.05) is 0 Å². The molecule has 146 valence electrons. The smallest absolute Gasteiger partial charge is 0.269 e. The Morgan fingerprint density at radius 3 is 1.59 bits per heavy atom. The van der Waals surface area contributed by atoms with Gasteiger partial charge in [0.15, 0.2) is 5.78 Å². The summed E-state index contributed by atoms with van der Waals surface area (Å²) in [6.07, 6.45) is 0. The van der Waals surface area contributed by atoms with Crippen LogP contribution in [0.3, 0.4) is 0 Å². The fourth-order valence-corrected chi connectivity index (χ4v) is 3.30. The predicted octanol–water partition coefficient (Wildman–Crippen LogP) is 3.92. The second-order valence-corrected chi connectivity index (χ2v) is 6.95. The third-order valence-electron chi connectivity index (χ3n) is 4.64. The van der Waals surface area contributed by atoms with Crippen LogP contribution in [-0.4, -0.2) is 17.6 Å². The van der Waals surface area contributed by atoms with Crippen molar-refractivity contribution in [1.29, 1.82) is 0 Å². The zero-order valence-corrected chi connectivity index (χ0v) is 16.6. The predicted molar refractivity (Wildman–Crippen MR) is 112 cm³/mol. The lowest BCUT2D eigenvalue weighted by Crippen LogP contribution is -2.41. The van der Waals surface area contributed by atoms with Crippen LogP contribution in [0.1, 0.15) is 53.3 Å². The van der Waals surface area contributed by atoms with Crippen molar-refractivity contribution in [1.82, 2.24) is 10.9 Å². The average molecular weight is 386 g/mol. The average Bonchev–Trinajstić information content (AvgIpc) is 2.71. The molecule has 0 aliphatic rings. The van der Waals surface area contributed by atoms with Crippen LogP contribution in [0.15, 0.2) is 66.7 Å². The molecule has 0 fully saturated rings. The van der Waals surface area contributed by atoms with Gasteiger partial charge in [-0.05, 0) is 56.2 Å². The third-order valence-corrected chi connectivity index (χ3v) is 4.64. The van der Waals surface area contributed by atoms with E-state index >= 15 is 0 Å². The highest BCUT2D eigenvalue weighted by Crippen LogP contribution is 2.20. The van der Waals surface area contributed by atoms with E-state index in [1.807, 2.05) is 32.9 Å². The van der Waals surface area contributed by atoms with Crippen molar-refractivity contribution in [3.63, 3.8) is 0 Å². The molecule has 3 aromatic carbocycles. The number of amides is 2. The van der Waals surface area contributed by atoms with Gasteiger partial charge >= 0.3 is 0 Å². The molecule has 0 spiro atoms. The van der Waals surface area contributed by atoms with E-state index in [4.69, 9.17) is 0 Å². The van der Waals surface area contributed by atoms with E-state index < -0.39 is 11.8 Å². The molecule has 3 rings (SSSR count). The molecule has 0 radical (unpaired) electrons. The first kappa shape index (κ1) is 20.0. The second-order valence-electron chi connectivity index (χ2n) is 6.95. The summed E-state index contributed by atoms with van der Waals surface area (Å²) < 4.78 is 0. The van der Waals surface area contributed by atoms with Crippen LogP contribution in [-0.2, 0) is 0 Å². The molecule has 2 amide bonds. The van der Waals surface area contributed by atoms with Crippen molar-refractivity contribution < 1.29 is 14.4 Å². The lowest BCUT2D eigenvalue weighted by Gasteiger charge is -2.11. The van der Waals surface area contributed by atoms with Crippen LogP contribution in [0.25, 0.3) is 0 Å². The van der Waals surface area contributed by atoms with E-state index in [0.29, 0.717) is 22.3 Å². The van der Waals surface area contributed by atoms with Crippen LogP contribution in [0.4, 0.5) is 0 Å². The van der Waals surface area contributed by atoms with Gasteiger partial charge < -0.3 is 0 Å². The van der Waals surface area contributed by atoms with E-state index in [1.54, 1.807) is 54.6 Å². The molecule has 0 heterocycles. The molecule has 5 nitrogen and oxygen atoms in total. The fourth-order valence-electron chi connectivity index (χ4n) is 3.30. The number of hydrazine groups is 1. The monoisotopic (exact) mass is 386 g/mol. The molecule has 0 aromatic heterocycles. The Morgan fingerprint density at radius 1 is 0.621 bits per heavy atom. The number of carbonyl (C=O) groups excluding carboxylic acids is 3. The minimum atomic E-state index is -0.462. The highest BCUT2D eigenvalue weighted by molar-refractivity contribution is 6.11. The molecule has 0 unspecified atom stereocenters. The lowest BCUT2D eigenvalue weighted by molar-refractivity contribution is 0.0846. The molecule has 0 saturated heterocycles. The van der Waals surface area contributed by atoms with Gasteiger partial charge in [-0.25, -0.2) is 0 Å². The number of aryl methyl sites for hydroxylation is 3. The number of nitrogens with one attached hydrogen (secondary N) is 2. The van der Waals surface area contributed by atoms with Gasteiger partial charge in [-0.15, -0.1) is 0 Å². The maximum atomic E-state index is 12.9. The molecular formula is C24H22N2O3. The number of ketones is 1. The Balaban J connectivity index is 1.69. The Morgan fingerprint density at radius 2 is 1.07 bits per heavy atom. The summed E-state index contributed by atoms with van der Waals surface area (Å²) in [6.45, 7) is 5.84. The normalized spacial score (nSPS) is 10.3. The fraction of sp³-hybridized carbons (Fsp3) is 0.125. The van der Waals surface area contributed by atoms with Gasteiger partial charge in [0.2, 0.25) is 0 Å². The maximum absolute atomic E-state index is 12.9. The maximum Gasteiger partial charge on any atom is 0.269 e. The standard InChI is InChI=1S/C24H22N2O3/c1-15-13-16(2)21(17(3)14-15)22(27)18-9-11-20(12-10-18)24(29)26-25-23(28)19-7-5-4-6-8-19/h4-14H,1-3H3,(H,25,28)(H,26,29). The topological polar surface area (TPSA) is 75.3 Å². The van der Waals surface area contributed by atoms with Gasteiger partial charge in [0.1, 0.15) is 0 Å². The summed E-state index contributed by atoms with van der Waals surface area (Å²) in [6, 6.07) is 18.9. The van der Waals surface area contributed by atoms with Crippen molar-refractivity contribution in [3.05, 3.63) is 106 Å². The number of rotatable bonds is 4. The van der Waals surface area contributed by atoms with E-state index in [2.05, 4.69) is 10.9 Å². The van der Waals surface area contributed by atoms with Crippen LogP contribution in [0.2, 0.25) is 0 Å². The zero-order valence-electron chi connectivity index (χ0n) is 16.6. The van der Waals surface area contributed by atoms with Gasteiger partial charge in [0.25, 0.3) is 11.8 Å². The van der Waals surface area contributed by atoms with Crippen molar-refractivity contribution in [3.8, 4) is 0 Å². The number of benzene rings is 3. The second kappa shape index (κ2) is 8.52. The summed E-state index contributed by atoms with van der Waals surface area (Å²) >= 11 is 0. The van der Waals surface area contributed by atoms with Crippen molar-refractivity contribution in [2.24, 2.45) is 0 Å². The first-order valence-corrected chi connectivity index (χ1v) is 9.25. The third kappa shape index (κ3) is 4.58. The van der Waals surface area contributed by atoms with Gasteiger partial charge in [-0.2, -0.15) is 0 Å². The number of carbonyl (C=O) groups is 3. The number of hydrogen-bond donors (Lipinski definition) is 2. The minimum Gasteiger partial charge on any atom is -0.289 e. The molecular weight excluding hydrogens is 364 g/mol. The molecule has 29 heavy (non-hydrogen) atoms. The molecule has 0 bridgehead atoms. The largest absolute Gasteiger partial charge is 0.289 e. The Hall–Kier alpha value is -3.73. The summed E-state index contributed by atoms with van der Waals surface area (Å²) in [4.78, 5) is 37.2. The summed E-state index contributed by atoms with van der Waals surface area (Å²) in [5.74, 6) is -0.948. The van der Waals surface area contributed by atoms with Gasteiger partial charge in [0, 0.05) is 22.3 Å². The summed E-state index contributed by atoms with van der Waals surface area (Å²) in [5.41, 5.74) is 9.69. The SMILES string of the molecule is Cc1cc(C)c(C(=O)c2ccc(C(=O)NNC(=O)c3ccccc3)cc2)c(C)c1. The van der Waals surface area contributed by atoms with Crippen molar-refractivity contribution in [2.45, 2.75) is 20.8 Å². The van der Waals surface area contributed by atoms with Crippen LogP contribution >= 0.6 is 0 Å². The minimum absolute atomic E-state index is 0.0793. The van der Waals surface area contributed by atoms with Crippen LogP contribution < -0.4 is 10.9 Å². The number of hydrogen-bond acceptors (Lipinski definition) is 3. The van der Waals surface area contributed by atoms with E-state index in [1.165, 1.54) is 0 Å². The molecule has 0 aliphatic carbocycles. The van der Waals surface area contributed by atoms with Crippen LogP contribution in [0.5, 0.6) is 0 Å². The van der Waals surface area contributed by atoms with Gasteiger partial charge in [0.05, 0.1) is 0 Å². The Labute approximate surface area is 169 Å². The molecule has 0 aliphatic heterocycles. The highest BCUT2D eigenvalue weighted by Gasteiger charge is 2.16. The molecule has 0 atom stereocenters. The first-order chi connectivity index (χ1) is 13.9. The zero-order chi connectivity index (χ0) is 21.0. The molecule has 5 heteroatoms. The van der Waals surface area contributed by atoms with Crippen molar-refractivity contribution >= 4 is 17.6 Å². The summed E-state index contributed by atoms with van der Waals surface area (Å²) in [5, 5.41) is 0. The molecule has 3 aromatic rings. The van der Waals surface area contributed by atoms with Crippen LogP contribution in [0, 0.1) is 20.8 Å². The quantitative estimate of drug-likeness (QED) is 0.527. The molecule has 2 N–H and O–H groups in total. The Kier molecular flexibility index (Phi) is 5.88. The van der Waals surface area contributed by atoms with E-state index in [-0.39, 0.29) is 5.78 Å². The summed E-state index contributed by atoms with van der Waals surface area (Å²) in [7, 11) is 0. The van der Waals surface area contributed by atoms with Gasteiger partial charge in [-0.1, -0.05) is 48.0 Å². The highest BCUT2D eigenvalue weighted by atomic mass is 16.2. The van der Waals surface area contributed by atoms with E-state index in [0.717, 1.165) is 16.7 Å². The Bertz CT molecular complexity index is 1050. The van der Waals surface area contributed by atoms with Gasteiger partial charge in [-0.3, -0.25) is 25.2 Å². The van der Waals surface area contributed by atoms with E-state index in [9.17, 15) is 14.4 Å². The lowest BCUT2D eigenvalue weighted by atomic mass is 9.93. The molecule has 0 saturated carbocycles.